The third kappa shape index (κ3) is 2.87. The average Bonchev–Trinajstić information content (AvgIpc) is 2.22. The van der Waals surface area contributed by atoms with Gasteiger partial charge in [0.1, 0.15) is 0 Å². The van der Waals surface area contributed by atoms with Crippen molar-refractivity contribution >= 4 is 11.6 Å². The van der Waals surface area contributed by atoms with Crippen molar-refractivity contribution in [3.63, 3.8) is 0 Å². The lowest BCUT2D eigenvalue weighted by Crippen LogP contribution is -2.26. The quantitative estimate of drug-likeness (QED) is 0.750. The molecule has 0 unspecified atom stereocenters. The number of carbonyl (C=O) groups is 1. The van der Waals surface area contributed by atoms with Crippen LogP contribution in [0.15, 0.2) is 12.1 Å². The van der Waals surface area contributed by atoms with Crippen LogP contribution in [0.2, 0.25) is 0 Å². The Kier molecular flexibility index (Phi) is 3.54. The van der Waals surface area contributed by atoms with Gasteiger partial charge in [0, 0.05) is 24.9 Å². The molecular weight excluding hydrogens is 209 g/mol. The van der Waals surface area contributed by atoms with Crippen molar-refractivity contribution in [2.75, 3.05) is 18.9 Å². The van der Waals surface area contributed by atoms with Crippen LogP contribution < -0.4 is 10.6 Å². The second kappa shape index (κ2) is 4.68. The van der Waals surface area contributed by atoms with Crippen LogP contribution in [0.25, 0.3) is 0 Å². The van der Waals surface area contributed by atoms with E-state index in [2.05, 4.69) is 10.6 Å². The van der Waals surface area contributed by atoms with E-state index in [9.17, 15) is 18.0 Å². The highest BCUT2D eigenvalue weighted by Crippen LogP contribution is 2.16. The van der Waals surface area contributed by atoms with Crippen LogP contribution in [-0.2, 0) is 4.79 Å². The molecular formula is C9H9F3N2O. The molecule has 0 aliphatic carbocycles. The summed E-state index contributed by atoms with van der Waals surface area (Å²) in [6, 6.07) is 1.56. The summed E-state index contributed by atoms with van der Waals surface area (Å²) in [6.45, 7) is -0.138. The summed E-state index contributed by atoms with van der Waals surface area (Å²) in [6.07, 6.45) is 0. The molecule has 0 radical (unpaired) electrons. The lowest BCUT2D eigenvalue weighted by atomic mass is 10.3. The highest BCUT2D eigenvalue weighted by atomic mass is 19.2. The molecule has 0 aliphatic heterocycles. The third-order valence-corrected chi connectivity index (χ3v) is 1.72. The predicted octanol–water partition coefficient (Wildman–Crippen LogP) is 1.26. The minimum atomic E-state index is -1.53. The molecule has 15 heavy (non-hydrogen) atoms. The minimum Gasteiger partial charge on any atom is -0.376 e. The molecule has 0 bridgehead atoms. The summed E-state index contributed by atoms with van der Waals surface area (Å²) in [5.41, 5.74) is 0.00926. The molecule has 0 atom stereocenters. The second-order valence-electron chi connectivity index (χ2n) is 2.78. The number of nitrogens with one attached hydrogen (secondary N) is 2. The molecule has 0 fully saturated rings. The van der Waals surface area contributed by atoms with Gasteiger partial charge in [-0.3, -0.25) is 4.79 Å². The Bertz CT molecular complexity index is 359. The van der Waals surface area contributed by atoms with Crippen LogP contribution in [0.5, 0.6) is 0 Å². The van der Waals surface area contributed by atoms with E-state index in [1.807, 2.05) is 0 Å². The molecule has 0 saturated carbocycles. The smallest absolute Gasteiger partial charge is 0.239 e. The van der Waals surface area contributed by atoms with Crippen LogP contribution in [-0.4, -0.2) is 19.5 Å². The fourth-order valence-corrected chi connectivity index (χ4v) is 0.928. The molecule has 0 aromatic heterocycles. The van der Waals surface area contributed by atoms with Crippen LogP contribution in [0.3, 0.4) is 0 Å². The van der Waals surface area contributed by atoms with Gasteiger partial charge in [0.05, 0.1) is 6.54 Å². The molecule has 0 heterocycles. The summed E-state index contributed by atoms with van der Waals surface area (Å²) < 4.78 is 37.9. The SMILES string of the molecule is CNC(=O)CNc1cc(F)c(F)c(F)c1. The zero-order chi connectivity index (χ0) is 11.4. The fraction of sp³-hybridized carbons (Fsp3) is 0.222. The first kappa shape index (κ1) is 11.4. The number of rotatable bonds is 3. The van der Waals surface area contributed by atoms with E-state index in [4.69, 9.17) is 0 Å². The van der Waals surface area contributed by atoms with E-state index < -0.39 is 17.5 Å². The van der Waals surface area contributed by atoms with Gasteiger partial charge in [-0.1, -0.05) is 0 Å². The van der Waals surface area contributed by atoms with Gasteiger partial charge in [-0.2, -0.15) is 0 Å². The molecule has 1 rings (SSSR count). The minimum absolute atomic E-state index is 0.00926. The normalized spacial score (nSPS) is 9.87. The molecule has 0 saturated heterocycles. The van der Waals surface area contributed by atoms with Crippen molar-refractivity contribution in [3.05, 3.63) is 29.6 Å². The Hall–Kier alpha value is -1.72. The van der Waals surface area contributed by atoms with E-state index >= 15 is 0 Å². The van der Waals surface area contributed by atoms with E-state index in [1.54, 1.807) is 0 Å². The van der Waals surface area contributed by atoms with Gasteiger partial charge in [0.15, 0.2) is 17.5 Å². The Labute approximate surface area is 84.3 Å². The first-order valence-corrected chi connectivity index (χ1v) is 4.13. The van der Waals surface area contributed by atoms with E-state index in [0.717, 1.165) is 12.1 Å². The van der Waals surface area contributed by atoms with Crippen molar-refractivity contribution in [2.24, 2.45) is 0 Å². The number of anilines is 1. The van der Waals surface area contributed by atoms with Crippen molar-refractivity contribution in [1.29, 1.82) is 0 Å². The van der Waals surface area contributed by atoms with Crippen LogP contribution >= 0.6 is 0 Å². The Balaban J connectivity index is 2.75. The predicted molar refractivity (Wildman–Crippen MR) is 48.9 cm³/mol. The Morgan fingerprint density at radius 3 is 2.27 bits per heavy atom. The maximum Gasteiger partial charge on any atom is 0.239 e. The maximum atomic E-state index is 12.7. The Morgan fingerprint density at radius 1 is 1.27 bits per heavy atom. The number of hydrogen-bond donors (Lipinski definition) is 2. The Morgan fingerprint density at radius 2 is 1.80 bits per heavy atom. The van der Waals surface area contributed by atoms with Crippen molar-refractivity contribution in [1.82, 2.24) is 5.32 Å². The zero-order valence-electron chi connectivity index (χ0n) is 7.90. The molecule has 3 nitrogen and oxygen atoms in total. The number of hydrogen-bond acceptors (Lipinski definition) is 2. The third-order valence-electron chi connectivity index (χ3n) is 1.72. The fourth-order valence-electron chi connectivity index (χ4n) is 0.928. The molecule has 0 spiro atoms. The van der Waals surface area contributed by atoms with Crippen molar-refractivity contribution in [3.8, 4) is 0 Å². The molecule has 82 valence electrons. The highest BCUT2D eigenvalue weighted by molar-refractivity contribution is 5.80. The van der Waals surface area contributed by atoms with E-state index in [1.165, 1.54) is 7.05 Å². The monoisotopic (exact) mass is 218 g/mol. The lowest BCUT2D eigenvalue weighted by molar-refractivity contribution is -0.118. The van der Waals surface area contributed by atoms with Crippen LogP contribution in [0.4, 0.5) is 18.9 Å². The highest BCUT2D eigenvalue weighted by Gasteiger charge is 2.10. The number of likely N-dealkylation sites (N-methyl/N-ethyl adjacent to an activating group) is 1. The second-order valence-corrected chi connectivity index (χ2v) is 2.78. The first-order chi connectivity index (χ1) is 7.04. The summed E-state index contributed by atoms with van der Waals surface area (Å²) in [5.74, 6) is -4.47. The molecule has 6 heteroatoms. The van der Waals surface area contributed by atoms with E-state index in [0.29, 0.717) is 0 Å². The largest absolute Gasteiger partial charge is 0.376 e. The molecule has 1 aromatic carbocycles. The van der Waals surface area contributed by atoms with Crippen LogP contribution in [0, 0.1) is 17.5 Å². The van der Waals surface area contributed by atoms with Gasteiger partial charge < -0.3 is 10.6 Å². The standard InChI is InChI=1S/C9H9F3N2O/c1-13-8(15)4-14-5-2-6(10)9(12)7(11)3-5/h2-3,14H,4H2,1H3,(H,13,15). The van der Waals surface area contributed by atoms with Gasteiger partial charge >= 0.3 is 0 Å². The molecule has 0 aliphatic rings. The molecule has 1 aromatic rings. The first-order valence-electron chi connectivity index (χ1n) is 4.13. The van der Waals surface area contributed by atoms with Gasteiger partial charge in [-0.05, 0) is 0 Å². The zero-order valence-corrected chi connectivity index (χ0v) is 7.90. The van der Waals surface area contributed by atoms with Crippen molar-refractivity contribution < 1.29 is 18.0 Å². The number of carbonyl (C=O) groups excluding carboxylic acids is 1. The van der Waals surface area contributed by atoms with Crippen LogP contribution in [0.1, 0.15) is 0 Å². The van der Waals surface area contributed by atoms with Gasteiger partial charge in [0.2, 0.25) is 5.91 Å². The van der Waals surface area contributed by atoms with Gasteiger partial charge in [-0.25, -0.2) is 13.2 Å². The summed E-state index contributed by atoms with van der Waals surface area (Å²) >= 11 is 0. The maximum absolute atomic E-state index is 12.7. The molecule has 2 N–H and O–H groups in total. The summed E-state index contributed by atoms with van der Waals surface area (Å²) in [5, 5.41) is 4.76. The topological polar surface area (TPSA) is 41.1 Å². The summed E-state index contributed by atoms with van der Waals surface area (Å²) in [7, 11) is 1.43. The van der Waals surface area contributed by atoms with Crippen molar-refractivity contribution in [2.45, 2.75) is 0 Å². The average molecular weight is 218 g/mol. The van der Waals surface area contributed by atoms with Gasteiger partial charge in [0.25, 0.3) is 0 Å². The summed E-state index contributed by atoms with van der Waals surface area (Å²) in [4.78, 5) is 10.8. The molecule has 1 amide bonds. The number of benzene rings is 1. The van der Waals surface area contributed by atoms with E-state index in [-0.39, 0.29) is 18.1 Å². The number of halogens is 3. The number of amides is 1. The lowest BCUT2D eigenvalue weighted by Gasteiger charge is -2.06. The van der Waals surface area contributed by atoms with Gasteiger partial charge in [-0.15, -0.1) is 0 Å².